The summed E-state index contributed by atoms with van der Waals surface area (Å²) in [6.45, 7) is 0.606. The van der Waals surface area contributed by atoms with Gasteiger partial charge in [-0.05, 0) is 55.7 Å². The minimum absolute atomic E-state index is 0.318. The van der Waals surface area contributed by atoms with E-state index < -0.39 is 18.3 Å². The number of benzene rings is 1. The van der Waals surface area contributed by atoms with Crippen LogP contribution in [0.5, 0.6) is 5.75 Å². The van der Waals surface area contributed by atoms with Crippen molar-refractivity contribution in [1.29, 1.82) is 0 Å². The van der Waals surface area contributed by atoms with Crippen LogP contribution in [0.3, 0.4) is 0 Å². The van der Waals surface area contributed by atoms with Crippen molar-refractivity contribution in [2.75, 3.05) is 11.9 Å². The molecule has 1 saturated heterocycles. The lowest BCUT2D eigenvalue weighted by Gasteiger charge is -2.35. The first-order chi connectivity index (χ1) is 10.8. The number of alkyl halides is 3. The van der Waals surface area contributed by atoms with Gasteiger partial charge in [0, 0.05) is 12.2 Å². The van der Waals surface area contributed by atoms with Gasteiger partial charge < -0.3 is 20.7 Å². The molecule has 1 aliphatic heterocycles. The Balaban J connectivity index is 2.00. The van der Waals surface area contributed by atoms with Crippen molar-refractivity contribution in [2.45, 2.75) is 31.7 Å². The molecule has 1 fully saturated rings. The number of hydrogen-bond donors (Lipinski definition) is 2. The van der Waals surface area contributed by atoms with Gasteiger partial charge in [0.05, 0.1) is 0 Å². The zero-order valence-electron chi connectivity index (χ0n) is 12.1. The van der Waals surface area contributed by atoms with Crippen LogP contribution < -0.4 is 15.8 Å². The number of primary amides is 1. The van der Waals surface area contributed by atoms with Gasteiger partial charge in [0.2, 0.25) is 5.91 Å². The first-order valence-corrected chi connectivity index (χ1v) is 7.40. The Morgan fingerprint density at radius 2 is 1.96 bits per heavy atom. The van der Waals surface area contributed by atoms with Gasteiger partial charge in [0.15, 0.2) is 5.11 Å². The lowest BCUT2D eigenvalue weighted by molar-refractivity contribution is -0.274. The number of carbonyl (C=O) groups is 1. The van der Waals surface area contributed by atoms with Crippen molar-refractivity contribution in [2.24, 2.45) is 5.73 Å². The van der Waals surface area contributed by atoms with Crippen molar-refractivity contribution in [3.05, 3.63) is 24.3 Å². The molecule has 1 amide bonds. The van der Waals surface area contributed by atoms with Crippen molar-refractivity contribution in [3.63, 3.8) is 0 Å². The van der Waals surface area contributed by atoms with E-state index in [4.69, 9.17) is 18.0 Å². The number of piperidine rings is 1. The van der Waals surface area contributed by atoms with Crippen LogP contribution in [-0.2, 0) is 4.79 Å². The number of halogens is 3. The normalized spacial score (nSPS) is 18.4. The lowest BCUT2D eigenvalue weighted by atomic mass is 10.0. The number of hydrogen-bond acceptors (Lipinski definition) is 3. The quantitative estimate of drug-likeness (QED) is 0.823. The number of nitrogens with two attached hydrogens (primary N) is 1. The van der Waals surface area contributed by atoms with Gasteiger partial charge in [0.1, 0.15) is 11.8 Å². The summed E-state index contributed by atoms with van der Waals surface area (Å²) in [5.41, 5.74) is 5.87. The molecule has 1 heterocycles. The number of nitrogens with zero attached hydrogens (tertiary/aromatic N) is 1. The summed E-state index contributed by atoms with van der Waals surface area (Å²) in [5, 5.41) is 3.22. The van der Waals surface area contributed by atoms with Gasteiger partial charge in [-0.2, -0.15) is 0 Å². The van der Waals surface area contributed by atoms with Gasteiger partial charge >= 0.3 is 6.36 Å². The number of amides is 1. The van der Waals surface area contributed by atoms with Crippen molar-refractivity contribution < 1.29 is 22.7 Å². The molecular formula is C14H16F3N3O2S. The smallest absolute Gasteiger partial charge is 0.406 e. The molecule has 0 aromatic heterocycles. The number of nitrogens with one attached hydrogen (secondary N) is 1. The molecule has 0 unspecified atom stereocenters. The fraction of sp³-hybridized carbons (Fsp3) is 0.429. The SMILES string of the molecule is NC(=O)[C@H]1CCCCN1C(=S)Nc1ccc(OC(F)(F)F)cc1. The highest BCUT2D eigenvalue weighted by Crippen LogP contribution is 2.24. The van der Waals surface area contributed by atoms with Crippen LogP contribution in [-0.4, -0.2) is 34.9 Å². The number of carbonyl (C=O) groups excluding carboxylic acids is 1. The van der Waals surface area contributed by atoms with E-state index >= 15 is 0 Å². The Labute approximate surface area is 136 Å². The summed E-state index contributed by atoms with van der Waals surface area (Å²) in [4.78, 5) is 13.2. The first-order valence-electron chi connectivity index (χ1n) is 6.99. The number of ether oxygens (including phenoxy) is 1. The second-order valence-electron chi connectivity index (χ2n) is 5.11. The third-order valence-electron chi connectivity index (χ3n) is 3.43. The molecule has 1 atom stereocenters. The summed E-state index contributed by atoms with van der Waals surface area (Å²) >= 11 is 5.27. The highest BCUT2D eigenvalue weighted by Gasteiger charge is 2.31. The number of thiocarbonyl (C=S) groups is 1. The molecule has 1 aromatic carbocycles. The van der Waals surface area contributed by atoms with Crippen LogP contribution in [0.4, 0.5) is 18.9 Å². The third kappa shape index (κ3) is 4.98. The molecule has 9 heteroatoms. The van der Waals surface area contributed by atoms with Crippen LogP contribution >= 0.6 is 12.2 Å². The van der Waals surface area contributed by atoms with Gasteiger partial charge in [-0.1, -0.05) is 0 Å². The van der Waals surface area contributed by atoms with Crippen LogP contribution in [0.1, 0.15) is 19.3 Å². The van der Waals surface area contributed by atoms with Crippen molar-refractivity contribution in [1.82, 2.24) is 4.90 Å². The summed E-state index contributed by atoms with van der Waals surface area (Å²) in [5.74, 6) is -0.760. The van der Waals surface area contributed by atoms with E-state index in [1.165, 1.54) is 24.3 Å². The lowest BCUT2D eigenvalue weighted by Crippen LogP contribution is -2.51. The van der Waals surface area contributed by atoms with Crippen LogP contribution in [0.15, 0.2) is 24.3 Å². The molecule has 0 radical (unpaired) electrons. The van der Waals surface area contributed by atoms with E-state index in [1.54, 1.807) is 4.90 Å². The Morgan fingerprint density at radius 3 is 2.52 bits per heavy atom. The average Bonchev–Trinajstić information content (AvgIpc) is 2.47. The largest absolute Gasteiger partial charge is 0.573 e. The maximum absolute atomic E-state index is 12.1. The van der Waals surface area contributed by atoms with E-state index in [1.807, 2.05) is 0 Å². The molecule has 23 heavy (non-hydrogen) atoms. The van der Waals surface area contributed by atoms with E-state index in [9.17, 15) is 18.0 Å². The predicted molar refractivity (Wildman–Crippen MR) is 82.9 cm³/mol. The average molecular weight is 347 g/mol. The predicted octanol–water partition coefficient (Wildman–Crippen LogP) is 2.62. The van der Waals surface area contributed by atoms with Crippen molar-refractivity contribution in [3.8, 4) is 5.75 Å². The summed E-state index contributed by atoms with van der Waals surface area (Å²) in [7, 11) is 0. The summed E-state index contributed by atoms with van der Waals surface area (Å²) in [6, 6.07) is 4.73. The zero-order chi connectivity index (χ0) is 17.0. The number of likely N-dealkylation sites (tertiary alicyclic amines) is 1. The summed E-state index contributed by atoms with van der Waals surface area (Å²) in [6.07, 6.45) is -2.30. The molecule has 0 spiro atoms. The molecule has 0 saturated carbocycles. The molecule has 3 N–H and O–H groups in total. The molecule has 0 bridgehead atoms. The van der Waals surface area contributed by atoms with E-state index in [-0.39, 0.29) is 5.75 Å². The Morgan fingerprint density at radius 1 is 1.30 bits per heavy atom. The Bertz CT molecular complexity index is 578. The van der Waals surface area contributed by atoms with Gasteiger partial charge in [-0.25, -0.2) is 0 Å². The molecule has 1 aliphatic rings. The van der Waals surface area contributed by atoms with Crippen LogP contribution in [0, 0.1) is 0 Å². The fourth-order valence-corrected chi connectivity index (χ4v) is 2.74. The van der Waals surface area contributed by atoms with Crippen LogP contribution in [0.2, 0.25) is 0 Å². The molecule has 0 aliphatic carbocycles. The highest BCUT2D eigenvalue weighted by molar-refractivity contribution is 7.80. The van der Waals surface area contributed by atoms with Gasteiger partial charge in [-0.3, -0.25) is 4.79 Å². The fourth-order valence-electron chi connectivity index (χ4n) is 2.41. The van der Waals surface area contributed by atoms with Gasteiger partial charge in [0.25, 0.3) is 0 Å². The topological polar surface area (TPSA) is 67.6 Å². The minimum Gasteiger partial charge on any atom is -0.406 e. The Hall–Kier alpha value is -2.03. The molecule has 1 aromatic rings. The van der Waals surface area contributed by atoms with Crippen molar-refractivity contribution >= 4 is 28.9 Å². The van der Waals surface area contributed by atoms with Crippen LogP contribution in [0.25, 0.3) is 0 Å². The molecule has 126 valence electrons. The summed E-state index contributed by atoms with van der Waals surface area (Å²) < 4.78 is 40.1. The second kappa shape index (κ2) is 7.03. The Kier molecular flexibility index (Phi) is 5.30. The van der Waals surface area contributed by atoms with Gasteiger partial charge in [-0.15, -0.1) is 13.2 Å². The highest BCUT2D eigenvalue weighted by atomic mass is 32.1. The van der Waals surface area contributed by atoms with E-state index in [0.29, 0.717) is 23.8 Å². The maximum atomic E-state index is 12.1. The monoisotopic (exact) mass is 347 g/mol. The first kappa shape index (κ1) is 17.3. The molecule has 2 rings (SSSR count). The third-order valence-corrected chi connectivity index (χ3v) is 3.77. The molecule has 5 nitrogen and oxygen atoms in total. The second-order valence-corrected chi connectivity index (χ2v) is 5.50. The maximum Gasteiger partial charge on any atom is 0.573 e. The van der Waals surface area contributed by atoms with E-state index in [2.05, 4.69) is 10.1 Å². The van der Waals surface area contributed by atoms with E-state index in [0.717, 1.165) is 12.8 Å². The zero-order valence-corrected chi connectivity index (χ0v) is 12.9. The number of anilines is 1. The minimum atomic E-state index is -4.73. The molecular weight excluding hydrogens is 331 g/mol. The number of rotatable bonds is 3. The standard InChI is InChI=1S/C14H16F3N3O2S/c15-14(16,17)22-10-6-4-9(5-7-10)19-13(23)20-8-2-1-3-11(20)12(18)21/h4-7,11H,1-3,8H2,(H2,18,21)(H,19,23)/t11-/m1/s1.